The molecule has 0 saturated heterocycles. The molecule has 0 bridgehead atoms. The third-order valence-electron chi connectivity index (χ3n) is 0. The van der Waals surface area contributed by atoms with Crippen molar-refractivity contribution in [2.45, 2.75) is 0 Å². The zero-order valence-corrected chi connectivity index (χ0v) is 5.85. The summed E-state index contributed by atoms with van der Waals surface area (Å²) in [4.78, 5) is 0. The summed E-state index contributed by atoms with van der Waals surface area (Å²) in [6.07, 6.45) is 0. The molecule has 0 aromatic carbocycles. The van der Waals surface area contributed by atoms with Crippen molar-refractivity contribution in [1.29, 1.82) is 0 Å². The van der Waals surface area contributed by atoms with Gasteiger partial charge in [-0.05, 0) is 0 Å². The standard InChI is InChI=1S/Cu.Fe.Na.Ni.V.H. The molecule has 0 aliphatic heterocycles. The molecule has 0 heterocycles. The monoisotopic (exact) mass is 252 g/mol. The Balaban J connectivity index is 0. The third kappa shape index (κ3) is 19.2. The van der Waals surface area contributed by atoms with Gasteiger partial charge in [-0.1, -0.05) is 0 Å². The fourth-order valence-electron chi connectivity index (χ4n) is 0. The largest absolute Gasteiger partial charge is 0 e. The van der Waals surface area contributed by atoms with Gasteiger partial charge in [-0.2, -0.15) is 0 Å². The van der Waals surface area contributed by atoms with E-state index < -0.39 is 0 Å². The molecule has 0 atom stereocenters. The van der Waals surface area contributed by atoms with Crippen molar-refractivity contribution < 1.29 is 69.2 Å². The van der Waals surface area contributed by atoms with E-state index in [1.807, 2.05) is 0 Å². The van der Waals surface area contributed by atoms with Gasteiger partial charge in [0.25, 0.3) is 0 Å². The van der Waals surface area contributed by atoms with Crippen LogP contribution in [0.1, 0.15) is 0 Å². The van der Waals surface area contributed by atoms with Crippen LogP contribution < -0.4 is 0 Å². The predicted molar refractivity (Wildman–Crippen MR) is 7.15 cm³/mol. The van der Waals surface area contributed by atoms with Crippen LogP contribution in [-0.4, -0.2) is 29.6 Å². The van der Waals surface area contributed by atoms with E-state index in [-0.39, 0.29) is 98.7 Å². The first-order valence-electron chi connectivity index (χ1n) is 0. The maximum atomic E-state index is 0. The second-order valence-electron chi connectivity index (χ2n) is 0. The van der Waals surface area contributed by atoms with Gasteiger partial charge in [0.1, 0.15) is 0 Å². The molecule has 0 aromatic rings. The molecule has 0 N–H and O–H groups in total. The Hall–Kier alpha value is 3.12. The first-order chi connectivity index (χ1) is 0. The summed E-state index contributed by atoms with van der Waals surface area (Å²) in [5, 5.41) is 0. The quantitative estimate of drug-likeness (QED) is 0.503. The second kappa shape index (κ2) is 27.4. The zero-order chi connectivity index (χ0) is 0. The maximum Gasteiger partial charge on any atom is 0 e. The molecular formula is HCuFeNaNiV. The molecule has 36 valence electrons. The van der Waals surface area contributed by atoms with Gasteiger partial charge < -0.3 is 0 Å². The fourth-order valence-corrected chi connectivity index (χ4v) is 0. The predicted octanol–water partition coefficient (Wildman–Crippen LogP) is -0.659. The fraction of sp³-hybridized carbons (Fsp3) is 0. The minimum absolute atomic E-state index is 0. The minimum Gasteiger partial charge on any atom is 0 e. The second-order valence-corrected chi connectivity index (χ2v) is 0. The summed E-state index contributed by atoms with van der Waals surface area (Å²) in [6, 6.07) is 0. The average molecular weight is 253 g/mol. The number of rotatable bonds is 0. The Labute approximate surface area is 97.0 Å². The van der Waals surface area contributed by atoms with Crippen molar-refractivity contribution in [3.8, 4) is 0 Å². The van der Waals surface area contributed by atoms with Gasteiger partial charge in [0.15, 0.2) is 0 Å². The van der Waals surface area contributed by atoms with E-state index >= 15 is 0 Å². The van der Waals surface area contributed by atoms with E-state index in [1.165, 1.54) is 0 Å². The summed E-state index contributed by atoms with van der Waals surface area (Å²) >= 11 is 0. The zero-order valence-electron chi connectivity index (χ0n) is 1.42. The van der Waals surface area contributed by atoms with Crippen LogP contribution in [0.4, 0.5) is 0 Å². The molecular weight excluding hydrogens is 252 g/mol. The molecule has 5 heavy (non-hydrogen) atoms. The summed E-state index contributed by atoms with van der Waals surface area (Å²) in [5.41, 5.74) is 0. The molecule has 5 heteroatoms. The van der Waals surface area contributed by atoms with E-state index in [1.54, 1.807) is 0 Å². The summed E-state index contributed by atoms with van der Waals surface area (Å²) in [5.74, 6) is 0. The molecule has 0 rings (SSSR count). The van der Waals surface area contributed by atoms with Crippen LogP contribution in [0.3, 0.4) is 0 Å². The Morgan fingerprint density at radius 3 is 1.00 bits per heavy atom. The van der Waals surface area contributed by atoms with Crippen LogP contribution in [0.25, 0.3) is 0 Å². The maximum absolute atomic E-state index is 0. The molecule has 0 fully saturated rings. The van der Waals surface area contributed by atoms with Gasteiger partial charge in [-0.3, -0.25) is 0 Å². The van der Waals surface area contributed by atoms with Crippen molar-refractivity contribution >= 4 is 29.6 Å². The third-order valence-corrected chi connectivity index (χ3v) is 0. The molecule has 0 nitrogen and oxygen atoms in total. The normalized spacial score (nSPS) is 0. The molecule has 0 aliphatic rings. The van der Waals surface area contributed by atoms with Crippen LogP contribution in [0.2, 0.25) is 0 Å². The molecule has 0 saturated carbocycles. The topological polar surface area (TPSA) is 0 Å². The van der Waals surface area contributed by atoms with E-state index in [9.17, 15) is 0 Å². The SMILES string of the molecule is [Cu].[Fe].[NaH].[Ni].[V]. The Morgan fingerprint density at radius 1 is 1.00 bits per heavy atom. The van der Waals surface area contributed by atoms with Crippen LogP contribution in [0, 0.1) is 0 Å². The molecule has 0 aliphatic carbocycles. The number of hydrogen-bond donors (Lipinski definition) is 0. The first kappa shape index (κ1) is 42.3. The summed E-state index contributed by atoms with van der Waals surface area (Å²) in [7, 11) is 0. The van der Waals surface area contributed by atoms with Gasteiger partial charge >= 0.3 is 29.6 Å². The van der Waals surface area contributed by atoms with Crippen molar-refractivity contribution in [2.75, 3.05) is 0 Å². The van der Waals surface area contributed by atoms with Crippen LogP contribution in [-0.2, 0) is 69.2 Å². The van der Waals surface area contributed by atoms with Gasteiger partial charge in [-0.15, -0.1) is 0 Å². The van der Waals surface area contributed by atoms with E-state index in [0.717, 1.165) is 0 Å². The summed E-state index contributed by atoms with van der Waals surface area (Å²) in [6.45, 7) is 0. The molecule has 0 unspecified atom stereocenters. The molecule has 2 radical (unpaired) electrons. The van der Waals surface area contributed by atoms with Crippen molar-refractivity contribution in [3.63, 3.8) is 0 Å². The van der Waals surface area contributed by atoms with Gasteiger partial charge in [0.2, 0.25) is 0 Å². The van der Waals surface area contributed by atoms with Crippen LogP contribution >= 0.6 is 0 Å². The minimum atomic E-state index is 0. The van der Waals surface area contributed by atoms with Crippen molar-refractivity contribution in [2.24, 2.45) is 0 Å². The molecule has 0 amide bonds. The number of hydrogen-bond acceptors (Lipinski definition) is 0. The van der Waals surface area contributed by atoms with Crippen LogP contribution in [0.5, 0.6) is 0 Å². The van der Waals surface area contributed by atoms with Crippen molar-refractivity contribution in [3.05, 3.63) is 0 Å². The van der Waals surface area contributed by atoms with Gasteiger partial charge in [-0.25, -0.2) is 0 Å². The average Bonchev–Trinajstić information content (AvgIpc) is 0. The van der Waals surface area contributed by atoms with Gasteiger partial charge in [0, 0.05) is 69.2 Å². The first-order valence-corrected chi connectivity index (χ1v) is 0. The Bertz CT molecular complexity index is 11.6. The summed E-state index contributed by atoms with van der Waals surface area (Å²) < 4.78 is 0. The molecule has 0 aromatic heterocycles. The van der Waals surface area contributed by atoms with Crippen molar-refractivity contribution in [1.82, 2.24) is 0 Å². The van der Waals surface area contributed by atoms with E-state index in [4.69, 9.17) is 0 Å². The van der Waals surface area contributed by atoms with Crippen LogP contribution in [0.15, 0.2) is 0 Å². The van der Waals surface area contributed by atoms with Gasteiger partial charge in [0.05, 0.1) is 0 Å². The smallest absolute Gasteiger partial charge is 0 e. The Kier molecular flexibility index (Phi) is 232. The van der Waals surface area contributed by atoms with E-state index in [0.29, 0.717) is 0 Å². The Morgan fingerprint density at radius 2 is 1.00 bits per heavy atom. The molecule has 0 spiro atoms. The van der Waals surface area contributed by atoms with E-state index in [2.05, 4.69) is 0 Å².